The Morgan fingerprint density at radius 1 is 1.28 bits per heavy atom. The number of halogens is 1. The Kier molecular flexibility index (Phi) is 6.14. The summed E-state index contributed by atoms with van der Waals surface area (Å²) < 4.78 is 10.3. The molecule has 0 radical (unpaired) electrons. The zero-order valence-corrected chi connectivity index (χ0v) is 11.2. The van der Waals surface area contributed by atoms with Crippen molar-refractivity contribution < 1.29 is 14.3 Å². The molecule has 6 heteroatoms. The lowest BCUT2D eigenvalue weighted by atomic mass is 10.2. The largest absolute Gasteiger partial charge is 0.494 e. The van der Waals surface area contributed by atoms with Gasteiger partial charge in [-0.05, 0) is 18.6 Å². The fourth-order valence-corrected chi connectivity index (χ4v) is 1.53. The van der Waals surface area contributed by atoms with Gasteiger partial charge in [0.2, 0.25) is 0 Å². The number of methoxy groups -OCH3 is 2. The minimum absolute atomic E-state index is 0.317. The zero-order chi connectivity index (χ0) is 13.4. The van der Waals surface area contributed by atoms with Crippen molar-refractivity contribution in [3.05, 3.63) is 18.2 Å². The summed E-state index contributed by atoms with van der Waals surface area (Å²) in [6.07, 6.45) is 0.720. The maximum atomic E-state index is 11.6. The lowest BCUT2D eigenvalue weighted by Crippen LogP contribution is -2.30. The van der Waals surface area contributed by atoms with Crippen molar-refractivity contribution in [2.24, 2.45) is 0 Å². The van der Waals surface area contributed by atoms with Gasteiger partial charge in [-0.2, -0.15) is 0 Å². The van der Waals surface area contributed by atoms with Gasteiger partial charge < -0.3 is 20.1 Å². The average molecular weight is 273 g/mol. The van der Waals surface area contributed by atoms with Crippen LogP contribution in [0.5, 0.6) is 11.5 Å². The summed E-state index contributed by atoms with van der Waals surface area (Å²) in [6, 6.07) is 4.96. The van der Waals surface area contributed by atoms with Crippen LogP contribution in [-0.4, -0.2) is 32.7 Å². The Balaban J connectivity index is 2.72. The number of nitrogens with one attached hydrogen (secondary N) is 2. The lowest BCUT2D eigenvalue weighted by Gasteiger charge is -2.14. The van der Waals surface area contributed by atoms with Crippen LogP contribution in [0.2, 0.25) is 0 Å². The van der Waals surface area contributed by atoms with E-state index < -0.39 is 0 Å². The summed E-state index contributed by atoms with van der Waals surface area (Å²) in [7, 11) is 3.07. The van der Waals surface area contributed by atoms with Crippen molar-refractivity contribution in [1.82, 2.24) is 5.32 Å². The molecule has 0 bridgehead atoms. The number of rotatable bonds is 6. The maximum Gasteiger partial charge on any atom is 0.319 e. The molecule has 0 saturated heterocycles. The Morgan fingerprint density at radius 2 is 1.89 bits per heavy atom. The summed E-state index contributed by atoms with van der Waals surface area (Å²) in [5.74, 6) is 1.60. The van der Waals surface area contributed by atoms with Crippen molar-refractivity contribution in [2.45, 2.75) is 6.42 Å². The number of para-hydroxylation sites is 1. The van der Waals surface area contributed by atoms with Crippen LogP contribution in [0.25, 0.3) is 0 Å². The molecular weight excluding hydrogens is 256 g/mol. The predicted octanol–water partition coefficient (Wildman–Crippen LogP) is 2.45. The first-order valence-corrected chi connectivity index (χ1v) is 6.08. The van der Waals surface area contributed by atoms with Gasteiger partial charge in [0.05, 0.1) is 14.2 Å². The summed E-state index contributed by atoms with van der Waals surface area (Å²) >= 11 is 5.53. The first-order valence-electron chi connectivity index (χ1n) is 5.54. The molecule has 0 atom stereocenters. The molecule has 0 spiro atoms. The molecule has 1 rings (SSSR count). The van der Waals surface area contributed by atoms with Gasteiger partial charge in [0.25, 0.3) is 0 Å². The number of ether oxygens (including phenoxy) is 2. The first-order chi connectivity index (χ1) is 8.72. The molecule has 5 nitrogen and oxygen atoms in total. The molecule has 0 aromatic heterocycles. The third-order valence-electron chi connectivity index (χ3n) is 2.26. The Bertz CT molecular complexity index is 377. The highest BCUT2D eigenvalue weighted by atomic mass is 35.5. The van der Waals surface area contributed by atoms with Crippen molar-refractivity contribution in [1.29, 1.82) is 0 Å². The predicted molar refractivity (Wildman–Crippen MR) is 71.9 cm³/mol. The number of hydrogen-bond acceptors (Lipinski definition) is 3. The average Bonchev–Trinajstić information content (AvgIpc) is 2.39. The molecule has 0 saturated carbocycles. The van der Waals surface area contributed by atoms with Crippen LogP contribution in [0.1, 0.15) is 6.42 Å². The molecule has 18 heavy (non-hydrogen) atoms. The summed E-state index contributed by atoms with van der Waals surface area (Å²) in [5, 5.41) is 5.39. The first kappa shape index (κ1) is 14.4. The molecule has 0 aliphatic rings. The Labute approximate surface area is 111 Å². The second kappa shape index (κ2) is 7.66. The van der Waals surface area contributed by atoms with Gasteiger partial charge in [-0.1, -0.05) is 6.07 Å². The molecular formula is C12H17ClN2O3. The summed E-state index contributed by atoms with van der Waals surface area (Å²) in [4.78, 5) is 11.6. The van der Waals surface area contributed by atoms with Gasteiger partial charge in [-0.15, -0.1) is 11.6 Å². The van der Waals surface area contributed by atoms with E-state index in [0.29, 0.717) is 29.6 Å². The van der Waals surface area contributed by atoms with E-state index in [1.54, 1.807) is 18.2 Å². The molecule has 1 aromatic carbocycles. The van der Waals surface area contributed by atoms with Crippen LogP contribution < -0.4 is 20.1 Å². The van der Waals surface area contributed by atoms with Gasteiger partial charge >= 0.3 is 6.03 Å². The molecule has 0 aliphatic heterocycles. The number of alkyl halides is 1. The third-order valence-corrected chi connectivity index (χ3v) is 2.53. The summed E-state index contributed by atoms with van der Waals surface area (Å²) in [6.45, 7) is 0.521. The molecule has 1 aromatic rings. The molecule has 0 fully saturated rings. The van der Waals surface area contributed by atoms with Crippen molar-refractivity contribution in [2.75, 3.05) is 32.0 Å². The summed E-state index contributed by atoms with van der Waals surface area (Å²) in [5.41, 5.74) is 0.505. The number of amides is 2. The third kappa shape index (κ3) is 4.00. The highest BCUT2D eigenvalue weighted by Gasteiger charge is 2.12. The van der Waals surface area contributed by atoms with Crippen LogP contribution >= 0.6 is 11.6 Å². The van der Waals surface area contributed by atoms with Gasteiger partial charge in [0, 0.05) is 12.4 Å². The topological polar surface area (TPSA) is 59.6 Å². The highest BCUT2D eigenvalue weighted by Crippen LogP contribution is 2.33. The van der Waals surface area contributed by atoms with Crippen molar-refractivity contribution >= 4 is 23.3 Å². The molecule has 100 valence electrons. The fraction of sp³-hybridized carbons (Fsp3) is 0.417. The number of anilines is 1. The number of hydrogen-bond donors (Lipinski definition) is 2. The van der Waals surface area contributed by atoms with Crippen LogP contribution in [0, 0.1) is 0 Å². The van der Waals surface area contributed by atoms with Gasteiger partial charge in [-0.25, -0.2) is 4.79 Å². The molecule has 2 amide bonds. The smallest absolute Gasteiger partial charge is 0.319 e. The van der Waals surface area contributed by atoms with Crippen LogP contribution in [0.4, 0.5) is 10.5 Å². The van der Waals surface area contributed by atoms with E-state index in [1.165, 1.54) is 14.2 Å². The number of carbonyl (C=O) groups excluding carboxylic acids is 1. The highest BCUT2D eigenvalue weighted by molar-refractivity contribution is 6.17. The minimum Gasteiger partial charge on any atom is -0.494 e. The Morgan fingerprint density at radius 3 is 2.39 bits per heavy atom. The van der Waals surface area contributed by atoms with Crippen molar-refractivity contribution in [3.8, 4) is 11.5 Å². The molecule has 0 aliphatic carbocycles. The monoisotopic (exact) mass is 272 g/mol. The van der Waals surface area contributed by atoms with E-state index >= 15 is 0 Å². The van der Waals surface area contributed by atoms with E-state index in [-0.39, 0.29) is 6.03 Å². The number of urea groups is 1. The molecule has 0 heterocycles. The van der Waals surface area contributed by atoms with E-state index in [2.05, 4.69) is 10.6 Å². The van der Waals surface area contributed by atoms with Crippen LogP contribution in [0.15, 0.2) is 18.2 Å². The van der Waals surface area contributed by atoms with Gasteiger partial charge in [-0.3, -0.25) is 0 Å². The molecule has 2 N–H and O–H groups in total. The quantitative estimate of drug-likeness (QED) is 0.618. The fourth-order valence-electron chi connectivity index (χ4n) is 1.40. The number of carbonyl (C=O) groups is 1. The normalized spacial score (nSPS) is 9.72. The van der Waals surface area contributed by atoms with Gasteiger partial charge in [0.1, 0.15) is 17.2 Å². The molecule has 0 unspecified atom stereocenters. The van der Waals surface area contributed by atoms with E-state index in [4.69, 9.17) is 21.1 Å². The minimum atomic E-state index is -0.317. The van der Waals surface area contributed by atoms with Gasteiger partial charge in [0.15, 0.2) is 0 Å². The second-order valence-electron chi connectivity index (χ2n) is 3.46. The SMILES string of the molecule is COc1cccc(OC)c1NC(=O)NCCCCl. The standard InChI is InChI=1S/C12H17ClN2O3/c1-17-9-5-3-6-10(18-2)11(9)15-12(16)14-8-4-7-13/h3,5-6H,4,7-8H2,1-2H3,(H2,14,15,16). The Hall–Kier alpha value is -1.62. The lowest BCUT2D eigenvalue weighted by molar-refractivity contribution is 0.252. The van der Waals surface area contributed by atoms with E-state index in [1.807, 2.05) is 0 Å². The van der Waals surface area contributed by atoms with Crippen LogP contribution in [-0.2, 0) is 0 Å². The van der Waals surface area contributed by atoms with Crippen molar-refractivity contribution in [3.63, 3.8) is 0 Å². The van der Waals surface area contributed by atoms with E-state index in [9.17, 15) is 4.79 Å². The zero-order valence-electron chi connectivity index (χ0n) is 10.5. The second-order valence-corrected chi connectivity index (χ2v) is 3.84. The number of benzene rings is 1. The maximum absolute atomic E-state index is 11.6. The van der Waals surface area contributed by atoms with Crippen LogP contribution in [0.3, 0.4) is 0 Å². The van der Waals surface area contributed by atoms with E-state index in [0.717, 1.165) is 6.42 Å².